The van der Waals surface area contributed by atoms with Crippen molar-refractivity contribution in [1.29, 1.82) is 0 Å². The Kier molecular flexibility index (Phi) is 8.29. The van der Waals surface area contributed by atoms with E-state index in [-0.39, 0.29) is 31.2 Å². The first-order chi connectivity index (χ1) is 21.4. The van der Waals surface area contributed by atoms with E-state index < -0.39 is 5.91 Å². The van der Waals surface area contributed by atoms with E-state index in [4.69, 9.17) is 5.73 Å². The van der Waals surface area contributed by atoms with Crippen LogP contribution in [0.1, 0.15) is 26.5 Å². The summed E-state index contributed by atoms with van der Waals surface area (Å²) in [5.74, 6) is -0.483. The summed E-state index contributed by atoms with van der Waals surface area (Å²) in [4.78, 5) is 43.7. The van der Waals surface area contributed by atoms with Gasteiger partial charge in [0.15, 0.2) is 5.78 Å². The Balaban J connectivity index is 1.22. The van der Waals surface area contributed by atoms with Crippen molar-refractivity contribution in [2.24, 2.45) is 5.73 Å². The second kappa shape index (κ2) is 12.8. The summed E-state index contributed by atoms with van der Waals surface area (Å²) in [5, 5.41) is 6.08. The molecule has 0 aliphatic carbocycles. The van der Waals surface area contributed by atoms with Crippen LogP contribution in [0.15, 0.2) is 115 Å². The third kappa shape index (κ3) is 6.43. The van der Waals surface area contributed by atoms with Crippen LogP contribution in [0.4, 0.5) is 11.6 Å². The molecule has 8 nitrogen and oxygen atoms in total. The third-order valence-corrected chi connectivity index (χ3v) is 8.32. The first-order valence-corrected chi connectivity index (χ1v) is 14.9. The predicted octanol–water partition coefficient (Wildman–Crippen LogP) is 6.85. The van der Waals surface area contributed by atoms with Gasteiger partial charge < -0.3 is 15.6 Å². The number of nitrogens with one attached hydrogen (secondary N) is 2. The van der Waals surface area contributed by atoms with Crippen molar-refractivity contribution in [3.8, 4) is 21.6 Å². The second-order valence-electron chi connectivity index (χ2n) is 10.2. The van der Waals surface area contributed by atoms with Gasteiger partial charge in [0.1, 0.15) is 0 Å². The number of hydrogen-bond donors (Lipinski definition) is 3. The molecular formula is C35H29N5O3S. The Hall–Kier alpha value is -5.54. The van der Waals surface area contributed by atoms with E-state index in [2.05, 4.69) is 39.9 Å². The zero-order chi connectivity index (χ0) is 30.5. The Labute approximate surface area is 258 Å². The van der Waals surface area contributed by atoms with Crippen LogP contribution in [0.25, 0.3) is 32.6 Å². The molecule has 2 aromatic heterocycles. The van der Waals surface area contributed by atoms with Crippen LogP contribution in [0, 0.1) is 0 Å². The lowest BCUT2D eigenvalue weighted by molar-refractivity contribution is -0.118. The van der Waals surface area contributed by atoms with Gasteiger partial charge in [-0.2, -0.15) is 0 Å². The van der Waals surface area contributed by atoms with Gasteiger partial charge in [-0.1, -0.05) is 78.9 Å². The van der Waals surface area contributed by atoms with E-state index in [1.54, 1.807) is 22.8 Å². The number of benzene rings is 4. The monoisotopic (exact) mass is 599 g/mol. The summed E-state index contributed by atoms with van der Waals surface area (Å²) in [7, 11) is 0. The fraction of sp³-hybridized carbons (Fsp3) is 0.0857. The molecule has 218 valence electrons. The average molecular weight is 600 g/mol. The lowest BCUT2D eigenvalue weighted by Gasteiger charge is -2.09. The number of nitrogens with zero attached hydrogens (tertiary/aromatic N) is 2. The van der Waals surface area contributed by atoms with Crippen LogP contribution >= 0.6 is 11.3 Å². The van der Waals surface area contributed by atoms with Crippen molar-refractivity contribution in [1.82, 2.24) is 9.55 Å². The largest absolute Gasteiger partial charge is 0.378 e. The number of nitrogens with two attached hydrogens (primary N) is 1. The molecule has 0 bridgehead atoms. The molecule has 4 N–H and O–H groups in total. The highest BCUT2D eigenvalue weighted by atomic mass is 32.1. The van der Waals surface area contributed by atoms with Gasteiger partial charge >= 0.3 is 0 Å². The number of rotatable bonds is 11. The molecule has 0 radical (unpaired) electrons. The first kappa shape index (κ1) is 28.6. The van der Waals surface area contributed by atoms with E-state index in [1.165, 1.54) is 11.3 Å². The van der Waals surface area contributed by atoms with Crippen molar-refractivity contribution in [2.45, 2.75) is 13.0 Å². The molecule has 44 heavy (non-hydrogen) atoms. The van der Waals surface area contributed by atoms with Gasteiger partial charge in [-0.15, -0.1) is 11.3 Å². The minimum atomic E-state index is -0.456. The molecule has 0 spiro atoms. The number of imidazole rings is 1. The molecule has 0 saturated carbocycles. The predicted molar refractivity (Wildman–Crippen MR) is 176 cm³/mol. The molecule has 9 heteroatoms. The number of amides is 2. The highest BCUT2D eigenvalue weighted by molar-refractivity contribution is 7.17. The van der Waals surface area contributed by atoms with Gasteiger partial charge in [-0.25, -0.2) is 4.98 Å². The zero-order valence-electron chi connectivity index (χ0n) is 23.7. The van der Waals surface area contributed by atoms with Gasteiger partial charge in [0.05, 0.1) is 22.5 Å². The lowest BCUT2D eigenvalue weighted by Crippen LogP contribution is -2.18. The van der Waals surface area contributed by atoms with Crippen molar-refractivity contribution in [3.63, 3.8) is 0 Å². The number of ketones is 1. The van der Waals surface area contributed by atoms with Crippen LogP contribution in [0.3, 0.4) is 0 Å². The third-order valence-electron chi connectivity index (χ3n) is 7.19. The first-order valence-electron chi connectivity index (χ1n) is 14.1. The maximum Gasteiger partial charge on any atom is 0.268 e. The summed E-state index contributed by atoms with van der Waals surface area (Å²) in [6.45, 7) is 0.374. The van der Waals surface area contributed by atoms with Crippen LogP contribution in [0.2, 0.25) is 0 Å². The van der Waals surface area contributed by atoms with E-state index in [9.17, 15) is 14.4 Å². The quantitative estimate of drug-likeness (QED) is 0.141. The van der Waals surface area contributed by atoms with E-state index >= 15 is 0 Å². The van der Waals surface area contributed by atoms with Gasteiger partial charge in [0.25, 0.3) is 5.91 Å². The molecule has 4 aromatic carbocycles. The van der Waals surface area contributed by atoms with Gasteiger partial charge in [0.2, 0.25) is 11.9 Å². The highest BCUT2D eigenvalue weighted by Gasteiger charge is 2.18. The van der Waals surface area contributed by atoms with Crippen molar-refractivity contribution < 1.29 is 14.4 Å². The van der Waals surface area contributed by atoms with E-state index in [0.29, 0.717) is 27.6 Å². The van der Waals surface area contributed by atoms with Gasteiger partial charge in [0, 0.05) is 29.1 Å². The molecule has 0 unspecified atom stereocenters. The minimum Gasteiger partial charge on any atom is -0.378 e. The van der Waals surface area contributed by atoms with Crippen LogP contribution in [-0.4, -0.2) is 33.7 Å². The molecule has 2 amide bonds. The Morgan fingerprint density at radius 1 is 0.773 bits per heavy atom. The van der Waals surface area contributed by atoms with E-state index in [1.807, 2.05) is 72.8 Å². The summed E-state index contributed by atoms with van der Waals surface area (Å²) in [6, 6.07) is 36.7. The summed E-state index contributed by atoms with van der Waals surface area (Å²) in [6.07, 6.45) is 0.0841. The van der Waals surface area contributed by atoms with E-state index in [0.717, 1.165) is 27.1 Å². The number of aryl methyl sites for hydroxylation is 1. The number of carbonyl (C=O) groups excluding carboxylic acids is 3. The smallest absolute Gasteiger partial charge is 0.268 e. The maximum atomic E-state index is 13.4. The van der Waals surface area contributed by atoms with Crippen molar-refractivity contribution >= 4 is 51.6 Å². The Morgan fingerprint density at radius 2 is 1.50 bits per heavy atom. The zero-order valence-corrected chi connectivity index (χ0v) is 24.5. The number of fused-ring (bicyclic) bond motifs is 1. The minimum absolute atomic E-state index is 0.0345. The maximum absolute atomic E-state index is 13.4. The number of primary amides is 1. The molecular weight excluding hydrogens is 570 g/mol. The summed E-state index contributed by atoms with van der Waals surface area (Å²) < 4.78 is 1.77. The van der Waals surface area contributed by atoms with Crippen LogP contribution < -0.4 is 16.4 Å². The van der Waals surface area contributed by atoms with Crippen molar-refractivity contribution in [2.75, 3.05) is 17.2 Å². The number of Topliss-reactive ketones (excluding diaryl/α,β-unsaturated/α-hetero) is 1. The Bertz CT molecular complexity index is 1960. The number of thiophene rings is 1. The van der Waals surface area contributed by atoms with Crippen molar-refractivity contribution in [3.05, 3.63) is 126 Å². The highest BCUT2D eigenvalue weighted by Crippen LogP contribution is 2.32. The standard InChI is InChI=1S/C35H29N5O3S/c36-33(42)18-19-40-29-15-14-27(37-22-30(41)24-10-5-2-6-11-24)21-28(29)38-35(40)39-34(43)32-17-16-31(44-32)26-13-7-12-25(20-26)23-8-3-1-4-9-23/h1-17,20-21,37H,18-19,22H2,(H2,36,42)(H,38,39,43). The van der Waals surface area contributed by atoms with Gasteiger partial charge in [-0.3, -0.25) is 19.7 Å². The van der Waals surface area contributed by atoms with Gasteiger partial charge in [-0.05, 0) is 53.1 Å². The normalized spacial score (nSPS) is 10.9. The lowest BCUT2D eigenvalue weighted by atomic mass is 10.0. The molecule has 0 saturated heterocycles. The molecule has 0 aliphatic heterocycles. The number of aromatic nitrogens is 2. The molecule has 0 fully saturated rings. The number of carbonyl (C=O) groups is 3. The SMILES string of the molecule is NC(=O)CCn1c(NC(=O)c2ccc(-c3cccc(-c4ccccc4)c3)s2)nc2cc(NCC(=O)c3ccccc3)ccc21. The fourth-order valence-corrected chi connectivity index (χ4v) is 5.85. The summed E-state index contributed by atoms with van der Waals surface area (Å²) >= 11 is 1.39. The molecule has 6 aromatic rings. The van der Waals surface area contributed by atoms with Crippen LogP contribution in [-0.2, 0) is 11.3 Å². The molecule has 0 aliphatic rings. The second-order valence-corrected chi connectivity index (χ2v) is 11.3. The molecule has 0 atom stereocenters. The number of anilines is 2. The topological polar surface area (TPSA) is 119 Å². The fourth-order valence-electron chi connectivity index (χ4n) is 4.95. The average Bonchev–Trinajstić information content (AvgIpc) is 3.68. The number of hydrogen-bond acceptors (Lipinski definition) is 6. The summed E-state index contributed by atoms with van der Waals surface area (Å²) in [5.41, 5.74) is 11.4. The van der Waals surface area contributed by atoms with Crippen LogP contribution in [0.5, 0.6) is 0 Å². The molecule has 6 rings (SSSR count). The molecule has 2 heterocycles. The Morgan fingerprint density at radius 3 is 2.27 bits per heavy atom.